The van der Waals surface area contributed by atoms with E-state index in [1.807, 2.05) is 37.3 Å². The molecule has 1 amide bonds. The first kappa shape index (κ1) is 22.7. The molecule has 0 radical (unpaired) electrons. The van der Waals surface area contributed by atoms with Gasteiger partial charge in [-0.25, -0.2) is 8.42 Å². The van der Waals surface area contributed by atoms with Gasteiger partial charge in [0.1, 0.15) is 5.75 Å². The third kappa shape index (κ3) is 6.77. The van der Waals surface area contributed by atoms with E-state index in [0.717, 1.165) is 16.9 Å². The SMILES string of the molecule is COc1ccc(CSCC(=O)Nc2ccc(S(=O)(=O)Nc3cccc(C)c3)cc2)cc1. The number of rotatable bonds is 9. The molecular formula is C23H24N2O4S2. The van der Waals surface area contributed by atoms with Crippen LogP contribution >= 0.6 is 11.8 Å². The van der Waals surface area contributed by atoms with Crippen LogP contribution in [0.2, 0.25) is 0 Å². The van der Waals surface area contributed by atoms with Crippen LogP contribution in [0.4, 0.5) is 11.4 Å². The third-order valence-electron chi connectivity index (χ3n) is 4.38. The minimum atomic E-state index is -3.70. The summed E-state index contributed by atoms with van der Waals surface area (Å²) in [5.41, 5.74) is 3.12. The van der Waals surface area contributed by atoms with Gasteiger partial charge in [-0.3, -0.25) is 9.52 Å². The van der Waals surface area contributed by atoms with Crippen molar-refractivity contribution in [3.05, 3.63) is 83.9 Å². The van der Waals surface area contributed by atoms with Gasteiger partial charge in [0.05, 0.1) is 17.8 Å². The largest absolute Gasteiger partial charge is 0.497 e. The number of ether oxygens (including phenoxy) is 1. The summed E-state index contributed by atoms with van der Waals surface area (Å²) in [5.74, 6) is 1.65. The number of amides is 1. The molecule has 8 heteroatoms. The highest BCUT2D eigenvalue weighted by molar-refractivity contribution is 7.99. The molecule has 3 rings (SSSR count). The number of hydrogen-bond acceptors (Lipinski definition) is 5. The zero-order valence-electron chi connectivity index (χ0n) is 17.3. The van der Waals surface area contributed by atoms with E-state index in [9.17, 15) is 13.2 Å². The summed E-state index contributed by atoms with van der Waals surface area (Å²) >= 11 is 1.50. The van der Waals surface area contributed by atoms with Crippen molar-refractivity contribution in [2.45, 2.75) is 17.6 Å². The number of sulfonamides is 1. The highest BCUT2D eigenvalue weighted by atomic mass is 32.2. The predicted molar refractivity (Wildman–Crippen MR) is 126 cm³/mol. The first-order chi connectivity index (χ1) is 14.9. The molecule has 0 atom stereocenters. The van der Waals surface area contributed by atoms with E-state index in [4.69, 9.17) is 4.74 Å². The number of thioether (sulfide) groups is 1. The van der Waals surface area contributed by atoms with Crippen molar-refractivity contribution in [1.82, 2.24) is 0 Å². The Kier molecular flexibility index (Phi) is 7.59. The summed E-state index contributed by atoms with van der Waals surface area (Å²) in [4.78, 5) is 12.3. The van der Waals surface area contributed by atoms with Gasteiger partial charge in [0.15, 0.2) is 0 Å². The quantitative estimate of drug-likeness (QED) is 0.489. The molecule has 0 aromatic heterocycles. The van der Waals surface area contributed by atoms with Gasteiger partial charge in [-0.1, -0.05) is 24.3 Å². The van der Waals surface area contributed by atoms with Crippen LogP contribution in [0.5, 0.6) is 5.75 Å². The second kappa shape index (κ2) is 10.4. The molecule has 6 nitrogen and oxygen atoms in total. The Labute approximate surface area is 187 Å². The fourth-order valence-electron chi connectivity index (χ4n) is 2.82. The van der Waals surface area contributed by atoms with Crippen molar-refractivity contribution in [2.75, 3.05) is 22.9 Å². The number of anilines is 2. The number of methoxy groups -OCH3 is 1. The van der Waals surface area contributed by atoms with E-state index >= 15 is 0 Å². The van der Waals surface area contributed by atoms with E-state index in [1.165, 1.54) is 23.9 Å². The second-order valence-electron chi connectivity index (χ2n) is 6.89. The van der Waals surface area contributed by atoms with Crippen molar-refractivity contribution in [3.8, 4) is 5.75 Å². The normalized spacial score (nSPS) is 11.0. The van der Waals surface area contributed by atoms with Crippen LogP contribution in [0.3, 0.4) is 0 Å². The molecule has 0 aliphatic heterocycles. The topological polar surface area (TPSA) is 84.5 Å². The van der Waals surface area contributed by atoms with Gasteiger partial charge in [-0.2, -0.15) is 0 Å². The standard InChI is InChI=1S/C23H24N2O4S2/c1-17-4-3-5-20(14-17)25-31(27,28)22-12-8-19(9-13-22)24-23(26)16-30-15-18-6-10-21(29-2)11-7-18/h3-14,25H,15-16H2,1-2H3,(H,24,26). The van der Waals surface area contributed by atoms with Crippen molar-refractivity contribution >= 4 is 39.1 Å². The Hall–Kier alpha value is -2.97. The van der Waals surface area contributed by atoms with Gasteiger partial charge >= 0.3 is 0 Å². The first-order valence-electron chi connectivity index (χ1n) is 9.56. The molecule has 0 aliphatic rings. The van der Waals surface area contributed by atoms with Crippen LogP contribution in [0.1, 0.15) is 11.1 Å². The molecule has 162 valence electrons. The van der Waals surface area contributed by atoms with Crippen LogP contribution in [0, 0.1) is 6.92 Å². The average molecular weight is 457 g/mol. The lowest BCUT2D eigenvalue weighted by Gasteiger charge is -2.10. The fourth-order valence-corrected chi connectivity index (χ4v) is 4.66. The molecule has 0 aliphatic carbocycles. The monoisotopic (exact) mass is 456 g/mol. The van der Waals surface area contributed by atoms with Gasteiger partial charge in [-0.15, -0.1) is 11.8 Å². The van der Waals surface area contributed by atoms with Crippen LogP contribution in [0.25, 0.3) is 0 Å². The zero-order valence-corrected chi connectivity index (χ0v) is 18.9. The van der Waals surface area contributed by atoms with Gasteiger partial charge in [-0.05, 0) is 66.6 Å². The Morgan fingerprint density at radius 2 is 1.68 bits per heavy atom. The number of nitrogens with one attached hydrogen (secondary N) is 2. The molecule has 0 spiro atoms. The number of carbonyl (C=O) groups is 1. The maximum Gasteiger partial charge on any atom is 0.261 e. The average Bonchev–Trinajstić information content (AvgIpc) is 2.74. The maximum absolute atomic E-state index is 12.6. The Bertz CT molecular complexity index is 1130. The van der Waals surface area contributed by atoms with Crippen LogP contribution < -0.4 is 14.8 Å². The van der Waals surface area contributed by atoms with E-state index < -0.39 is 10.0 Å². The number of hydrogen-bond donors (Lipinski definition) is 2. The molecule has 0 fully saturated rings. The van der Waals surface area contributed by atoms with Gasteiger partial charge in [0, 0.05) is 17.1 Å². The Morgan fingerprint density at radius 3 is 2.32 bits per heavy atom. The second-order valence-corrected chi connectivity index (χ2v) is 9.56. The fraction of sp³-hybridized carbons (Fsp3) is 0.174. The molecular weight excluding hydrogens is 432 g/mol. The highest BCUT2D eigenvalue weighted by Crippen LogP contribution is 2.20. The minimum Gasteiger partial charge on any atom is -0.497 e. The van der Waals surface area contributed by atoms with Gasteiger partial charge < -0.3 is 10.1 Å². The summed E-state index contributed by atoms with van der Waals surface area (Å²) in [6.45, 7) is 1.89. The van der Waals surface area contributed by atoms with E-state index in [2.05, 4.69) is 10.0 Å². The summed E-state index contributed by atoms with van der Waals surface area (Å²) < 4.78 is 32.8. The first-order valence-corrected chi connectivity index (χ1v) is 12.2. The van der Waals surface area contributed by atoms with Gasteiger partial charge in [0.2, 0.25) is 5.91 Å². The lowest BCUT2D eigenvalue weighted by molar-refractivity contribution is -0.113. The van der Waals surface area contributed by atoms with Crippen molar-refractivity contribution in [2.24, 2.45) is 0 Å². The maximum atomic E-state index is 12.6. The predicted octanol–water partition coefficient (Wildman–Crippen LogP) is 4.68. The molecule has 3 aromatic carbocycles. The Morgan fingerprint density at radius 1 is 0.968 bits per heavy atom. The number of carbonyl (C=O) groups excluding carboxylic acids is 1. The molecule has 3 aromatic rings. The number of benzene rings is 3. The molecule has 0 saturated heterocycles. The van der Waals surface area contributed by atoms with Crippen LogP contribution in [0.15, 0.2) is 77.7 Å². The van der Waals surface area contributed by atoms with E-state index in [1.54, 1.807) is 37.4 Å². The number of aryl methyl sites for hydroxylation is 1. The van der Waals surface area contributed by atoms with Crippen LogP contribution in [-0.2, 0) is 20.6 Å². The molecule has 0 bridgehead atoms. The molecule has 31 heavy (non-hydrogen) atoms. The van der Waals surface area contributed by atoms with Crippen molar-refractivity contribution < 1.29 is 17.9 Å². The van der Waals surface area contributed by atoms with E-state index in [0.29, 0.717) is 22.9 Å². The van der Waals surface area contributed by atoms with E-state index in [-0.39, 0.29) is 10.8 Å². The van der Waals surface area contributed by atoms with Crippen LogP contribution in [-0.4, -0.2) is 27.2 Å². The smallest absolute Gasteiger partial charge is 0.261 e. The highest BCUT2D eigenvalue weighted by Gasteiger charge is 2.14. The lowest BCUT2D eigenvalue weighted by Crippen LogP contribution is -2.15. The lowest BCUT2D eigenvalue weighted by atomic mass is 10.2. The zero-order chi connectivity index (χ0) is 22.3. The molecule has 0 saturated carbocycles. The van der Waals surface area contributed by atoms with Crippen molar-refractivity contribution in [1.29, 1.82) is 0 Å². The summed E-state index contributed by atoms with van der Waals surface area (Å²) in [6, 6.07) is 21.0. The third-order valence-corrected chi connectivity index (χ3v) is 6.78. The summed E-state index contributed by atoms with van der Waals surface area (Å²) in [6.07, 6.45) is 0. The molecule has 0 unspecified atom stereocenters. The van der Waals surface area contributed by atoms with Crippen molar-refractivity contribution in [3.63, 3.8) is 0 Å². The minimum absolute atomic E-state index is 0.126. The molecule has 2 N–H and O–H groups in total. The summed E-state index contributed by atoms with van der Waals surface area (Å²) in [5, 5.41) is 2.79. The molecule has 0 heterocycles. The van der Waals surface area contributed by atoms with Gasteiger partial charge in [0.25, 0.3) is 10.0 Å². The Balaban J connectivity index is 1.51. The summed E-state index contributed by atoms with van der Waals surface area (Å²) in [7, 11) is -2.08.